The number of hydrogen-bond donors (Lipinski definition) is 1. The van der Waals surface area contributed by atoms with Crippen molar-refractivity contribution >= 4 is 34.8 Å². The smallest absolute Gasteiger partial charge is 0.227 e. The van der Waals surface area contributed by atoms with Crippen molar-refractivity contribution in [1.29, 1.82) is 0 Å². The third kappa shape index (κ3) is 4.83. The van der Waals surface area contributed by atoms with Crippen LogP contribution in [-0.2, 0) is 4.79 Å². The number of rotatable bonds is 4. The van der Waals surface area contributed by atoms with Crippen molar-refractivity contribution in [2.45, 2.75) is 32.6 Å². The Morgan fingerprint density at radius 1 is 1.10 bits per heavy atom. The number of anilines is 3. The number of benzene rings is 1. The molecule has 2 aliphatic heterocycles. The molecule has 160 valence electrons. The fourth-order valence-corrected chi connectivity index (χ4v) is 4.45. The highest BCUT2D eigenvalue weighted by Crippen LogP contribution is 2.27. The van der Waals surface area contributed by atoms with Crippen LogP contribution in [0.1, 0.15) is 32.6 Å². The number of carbonyl (C=O) groups is 1. The third-order valence-electron chi connectivity index (χ3n) is 6.00. The quantitative estimate of drug-likeness (QED) is 0.779. The van der Waals surface area contributed by atoms with Crippen LogP contribution in [0.3, 0.4) is 0 Å². The summed E-state index contributed by atoms with van der Waals surface area (Å²) in [6, 6.07) is 6.29. The van der Waals surface area contributed by atoms with Gasteiger partial charge < -0.3 is 15.1 Å². The molecule has 6 nitrogen and oxygen atoms in total. The number of nitrogens with zero attached hydrogens (tertiary/aromatic N) is 4. The number of amides is 1. The first-order valence-electron chi connectivity index (χ1n) is 10.6. The van der Waals surface area contributed by atoms with Crippen LogP contribution in [0.4, 0.5) is 21.7 Å². The number of aromatic nitrogens is 2. The highest BCUT2D eigenvalue weighted by atomic mass is 35.5. The lowest BCUT2D eigenvalue weighted by Gasteiger charge is -2.34. The molecule has 2 aliphatic rings. The standard InChI is InChI=1S/C22H27ClFN5O/c1-15-3-2-8-29(13-15)21-12-20(25-14-26-21)28-9-6-16(7-10-28)22(30)27-17-4-5-19(24)18(23)11-17/h4-5,11-12,14-16H,2-3,6-10,13H2,1H3,(H,27,30). The molecular weight excluding hydrogens is 405 g/mol. The summed E-state index contributed by atoms with van der Waals surface area (Å²) in [4.78, 5) is 26.1. The van der Waals surface area contributed by atoms with E-state index in [0.717, 1.165) is 50.7 Å². The molecule has 1 N–H and O–H groups in total. The Morgan fingerprint density at radius 2 is 1.83 bits per heavy atom. The van der Waals surface area contributed by atoms with Crippen molar-refractivity contribution in [3.63, 3.8) is 0 Å². The molecule has 1 aromatic heterocycles. The average molecular weight is 432 g/mol. The first-order valence-corrected chi connectivity index (χ1v) is 11.0. The van der Waals surface area contributed by atoms with E-state index >= 15 is 0 Å². The van der Waals surface area contributed by atoms with Crippen LogP contribution in [0.5, 0.6) is 0 Å². The third-order valence-corrected chi connectivity index (χ3v) is 6.29. The molecular formula is C22H27ClFN5O. The first kappa shape index (κ1) is 20.8. The van der Waals surface area contributed by atoms with Crippen LogP contribution in [-0.4, -0.2) is 42.1 Å². The van der Waals surface area contributed by atoms with Crippen molar-refractivity contribution in [2.75, 3.05) is 41.3 Å². The largest absolute Gasteiger partial charge is 0.356 e. The Kier molecular flexibility index (Phi) is 6.37. The topological polar surface area (TPSA) is 61.4 Å². The molecule has 1 aromatic carbocycles. The maximum absolute atomic E-state index is 13.3. The average Bonchev–Trinajstić information content (AvgIpc) is 2.76. The van der Waals surface area contributed by atoms with Crippen molar-refractivity contribution < 1.29 is 9.18 Å². The summed E-state index contributed by atoms with van der Waals surface area (Å²) in [5.74, 6) is 1.95. The van der Waals surface area contributed by atoms with Crippen LogP contribution in [0.25, 0.3) is 0 Å². The number of halogens is 2. The number of hydrogen-bond acceptors (Lipinski definition) is 5. The first-order chi connectivity index (χ1) is 14.5. The van der Waals surface area contributed by atoms with Gasteiger partial charge in [-0.3, -0.25) is 4.79 Å². The van der Waals surface area contributed by atoms with Gasteiger partial charge in [0, 0.05) is 43.9 Å². The van der Waals surface area contributed by atoms with E-state index in [4.69, 9.17) is 11.6 Å². The summed E-state index contributed by atoms with van der Waals surface area (Å²) < 4.78 is 13.3. The SMILES string of the molecule is CC1CCCN(c2cc(N3CCC(C(=O)Nc4ccc(F)c(Cl)c4)CC3)ncn2)C1. The second-order valence-corrected chi connectivity index (χ2v) is 8.71. The maximum atomic E-state index is 13.3. The molecule has 8 heteroatoms. The van der Waals surface area contributed by atoms with E-state index in [9.17, 15) is 9.18 Å². The Hall–Kier alpha value is -2.41. The number of piperidine rings is 2. The van der Waals surface area contributed by atoms with Crippen molar-refractivity contribution in [3.05, 3.63) is 41.4 Å². The zero-order valence-corrected chi connectivity index (χ0v) is 17.9. The van der Waals surface area contributed by atoms with E-state index in [-0.39, 0.29) is 16.8 Å². The van der Waals surface area contributed by atoms with Crippen LogP contribution in [0.15, 0.2) is 30.6 Å². The minimum absolute atomic E-state index is 0.00489. The molecule has 0 radical (unpaired) electrons. The highest BCUT2D eigenvalue weighted by molar-refractivity contribution is 6.31. The summed E-state index contributed by atoms with van der Waals surface area (Å²) in [7, 11) is 0. The Labute approximate surface area is 181 Å². The minimum atomic E-state index is -0.494. The summed E-state index contributed by atoms with van der Waals surface area (Å²) in [6.45, 7) is 5.87. The van der Waals surface area contributed by atoms with E-state index < -0.39 is 5.82 Å². The van der Waals surface area contributed by atoms with E-state index in [0.29, 0.717) is 11.6 Å². The lowest BCUT2D eigenvalue weighted by atomic mass is 9.95. The second kappa shape index (κ2) is 9.16. The lowest BCUT2D eigenvalue weighted by Crippen LogP contribution is -2.39. The van der Waals surface area contributed by atoms with E-state index in [1.54, 1.807) is 6.33 Å². The van der Waals surface area contributed by atoms with Gasteiger partial charge in [0.1, 0.15) is 23.8 Å². The second-order valence-electron chi connectivity index (χ2n) is 8.31. The van der Waals surface area contributed by atoms with Gasteiger partial charge >= 0.3 is 0 Å². The molecule has 1 amide bonds. The van der Waals surface area contributed by atoms with Gasteiger partial charge in [0.25, 0.3) is 0 Å². The van der Waals surface area contributed by atoms with Crippen LogP contribution >= 0.6 is 11.6 Å². The number of nitrogens with one attached hydrogen (secondary N) is 1. The monoisotopic (exact) mass is 431 g/mol. The molecule has 30 heavy (non-hydrogen) atoms. The molecule has 2 aromatic rings. The molecule has 0 bridgehead atoms. The summed E-state index contributed by atoms with van der Waals surface area (Å²) in [5, 5.41) is 2.85. The molecule has 1 atom stereocenters. The Morgan fingerprint density at radius 3 is 2.53 bits per heavy atom. The highest BCUT2D eigenvalue weighted by Gasteiger charge is 2.26. The predicted octanol–water partition coefficient (Wildman–Crippen LogP) is 4.36. The van der Waals surface area contributed by atoms with E-state index in [1.165, 1.54) is 31.0 Å². The fourth-order valence-electron chi connectivity index (χ4n) is 4.27. The maximum Gasteiger partial charge on any atom is 0.227 e. The Balaban J connectivity index is 1.34. The van der Waals surface area contributed by atoms with Crippen LogP contribution in [0, 0.1) is 17.7 Å². The van der Waals surface area contributed by atoms with Gasteiger partial charge in [-0.1, -0.05) is 18.5 Å². The van der Waals surface area contributed by atoms with E-state index in [1.807, 2.05) is 0 Å². The summed E-state index contributed by atoms with van der Waals surface area (Å²) >= 11 is 5.80. The summed E-state index contributed by atoms with van der Waals surface area (Å²) in [5.41, 5.74) is 0.519. The molecule has 3 heterocycles. The number of carbonyl (C=O) groups excluding carboxylic acids is 1. The van der Waals surface area contributed by atoms with Crippen molar-refractivity contribution in [2.24, 2.45) is 11.8 Å². The molecule has 1 unspecified atom stereocenters. The van der Waals surface area contributed by atoms with Gasteiger partial charge in [-0.2, -0.15) is 0 Å². The van der Waals surface area contributed by atoms with Gasteiger partial charge in [-0.05, 0) is 49.8 Å². The lowest BCUT2D eigenvalue weighted by molar-refractivity contribution is -0.120. The van der Waals surface area contributed by atoms with Gasteiger partial charge in [0.2, 0.25) is 5.91 Å². The molecule has 0 aliphatic carbocycles. The van der Waals surface area contributed by atoms with Gasteiger partial charge in [-0.15, -0.1) is 0 Å². The van der Waals surface area contributed by atoms with Crippen LogP contribution in [0.2, 0.25) is 5.02 Å². The van der Waals surface area contributed by atoms with Crippen molar-refractivity contribution in [1.82, 2.24) is 9.97 Å². The predicted molar refractivity (Wildman–Crippen MR) is 118 cm³/mol. The van der Waals surface area contributed by atoms with E-state index in [2.05, 4.69) is 38.1 Å². The molecule has 0 saturated carbocycles. The van der Waals surface area contributed by atoms with Gasteiger partial charge in [0.05, 0.1) is 5.02 Å². The zero-order chi connectivity index (χ0) is 21.1. The van der Waals surface area contributed by atoms with Crippen molar-refractivity contribution in [3.8, 4) is 0 Å². The minimum Gasteiger partial charge on any atom is -0.356 e. The van der Waals surface area contributed by atoms with Gasteiger partial charge in [-0.25, -0.2) is 14.4 Å². The Bertz CT molecular complexity index is 903. The normalized spacial score (nSPS) is 20.3. The molecule has 4 rings (SSSR count). The molecule has 0 spiro atoms. The zero-order valence-electron chi connectivity index (χ0n) is 17.2. The molecule has 2 fully saturated rings. The fraction of sp³-hybridized carbons (Fsp3) is 0.500. The van der Waals surface area contributed by atoms with Crippen LogP contribution < -0.4 is 15.1 Å². The summed E-state index contributed by atoms with van der Waals surface area (Å²) in [6.07, 6.45) is 5.58. The molecule has 2 saturated heterocycles. The van der Waals surface area contributed by atoms with Gasteiger partial charge in [0.15, 0.2) is 0 Å².